The Balaban J connectivity index is 3.52. The molecule has 0 saturated heterocycles. The van der Waals surface area contributed by atoms with Crippen LogP contribution in [0.5, 0.6) is 0 Å². The maximum atomic E-state index is 11.5. The summed E-state index contributed by atoms with van der Waals surface area (Å²) in [4.78, 5) is 13.5. The highest BCUT2D eigenvalue weighted by atomic mass is 79.9. The normalized spacial score (nSPS) is 12.9. The van der Waals surface area contributed by atoms with Crippen LogP contribution >= 0.6 is 15.9 Å². The van der Waals surface area contributed by atoms with Crippen molar-refractivity contribution in [3.8, 4) is 0 Å². The van der Waals surface area contributed by atoms with E-state index in [0.29, 0.717) is 0 Å². The van der Waals surface area contributed by atoms with Gasteiger partial charge in [-0.05, 0) is 20.5 Å². The van der Waals surface area contributed by atoms with Crippen LogP contribution < -0.4 is 5.32 Å². The van der Waals surface area contributed by atoms with Crippen molar-refractivity contribution in [3.63, 3.8) is 0 Å². The lowest BCUT2D eigenvalue weighted by Crippen LogP contribution is -2.35. The third kappa shape index (κ3) is 7.33. The number of carbonyl (C=O) groups is 1. The smallest absolute Gasteiger partial charge is 0.233 e. The number of amides is 1. The van der Waals surface area contributed by atoms with Gasteiger partial charge in [-0.15, -0.1) is 0 Å². The van der Waals surface area contributed by atoms with E-state index in [4.69, 9.17) is 0 Å². The monoisotopic (exact) mass is 264 g/mol. The zero-order valence-electron chi connectivity index (χ0n) is 9.35. The maximum absolute atomic E-state index is 11.5. The van der Waals surface area contributed by atoms with Gasteiger partial charge in [0.25, 0.3) is 0 Å². The summed E-state index contributed by atoms with van der Waals surface area (Å²) < 4.78 is 0. The molecule has 0 fully saturated rings. The molecule has 3 nitrogen and oxygen atoms in total. The van der Waals surface area contributed by atoms with E-state index in [1.807, 2.05) is 14.1 Å². The molecule has 0 saturated carbocycles. The van der Waals surface area contributed by atoms with Crippen molar-refractivity contribution in [1.29, 1.82) is 0 Å². The quantitative estimate of drug-likeness (QED) is 0.709. The van der Waals surface area contributed by atoms with Crippen LogP contribution in [0.1, 0.15) is 26.2 Å². The van der Waals surface area contributed by atoms with E-state index in [2.05, 4.69) is 33.1 Å². The molecule has 1 unspecified atom stereocenters. The lowest BCUT2D eigenvalue weighted by molar-refractivity contribution is -0.120. The molecule has 0 aliphatic rings. The van der Waals surface area contributed by atoms with Crippen LogP contribution in [0.3, 0.4) is 0 Å². The Bertz CT molecular complexity index is 162. The van der Waals surface area contributed by atoms with Gasteiger partial charge in [0.1, 0.15) is 0 Å². The molecular formula is C10H21BrN2O. The fourth-order valence-electron chi connectivity index (χ4n) is 1.03. The molecule has 0 bridgehead atoms. The first kappa shape index (κ1) is 13.9. The SMILES string of the molecule is CCCCC(Br)C(=O)NCCN(C)C. The molecule has 1 N–H and O–H groups in total. The summed E-state index contributed by atoms with van der Waals surface area (Å²) in [5, 5.41) is 2.90. The summed E-state index contributed by atoms with van der Waals surface area (Å²) in [5.74, 6) is 0.111. The molecule has 1 amide bonds. The molecule has 0 rings (SSSR count). The van der Waals surface area contributed by atoms with Crippen LogP contribution in [0, 0.1) is 0 Å². The fraction of sp³-hybridized carbons (Fsp3) is 0.900. The van der Waals surface area contributed by atoms with Gasteiger partial charge in [-0.2, -0.15) is 0 Å². The largest absolute Gasteiger partial charge is 0.354 e. The molecule has 0 spiro atoms. The first-order valence-electron chi connectivity index (χ1n) is 5.14. The average molecular weight is 265 g/mol. The molecule has 0 radical (unpaired) electrons. The third-order valence-electron chi connectivity index (χ3n) is 1.95. The fourth-order valence-corrected chi connectivity index (χ4v) is 1.51. The number of hydrogen-bond donors (Lipinski definition) is 1. The predicted molar refractivity (Wildman–Crippen MR) is 63.8 cm³/mol. The number of hydrogen-bond acceptors (Lipinski definition) is 2. The van der Waals surface area contributed by atoms with Gasteiger partial charge in [0.2, 0.25) is 5.91 Å². The van der Waals surface area contributed by atoms with Crippen LogP contribution in [-0.4, -0.2) is 42.8 Å². The van der Waals surface area contributed by atoms with E-state index >= 15 is 0 Å². The number of halogens is 1. The van der Waals surface area contributed by atoms with Crippen molar-refractivity contribution in [1.82, 2.24) is 10.2 Å². The van der Waals surface area contributed by atoms with Gasteiger partial charge in [0.15, 0.2) is 0 Å². The van der Waals surface area contributed by atoms with Crippen LogP contribution in [0.2, 0.25) is 0 Å². The van der Waals surface area contributed by atoms with Gasteiger partial charge in [0, 0.05) is 13.1 Å². The molecule has 0 heterocycles. The van der Waals surface area contributed by atoms with Gasteiger partial charge in [-0.25, -0.2) is 0 Å². The Labute approximate surface area is 95.4 Å². The molecule has 0 aromatic rings. The van der Waals surface area contributed by atoms with Crippen molar-refractivity contribution in [2.45, 2.75) is 31.0 Å². The Morgan fingerprint density at radius 1 is 1.50 bits per heavy atom. The molecular weight excluding hydrogens is 244 g/mol. The Morgan fingerprint density at radius 2 is 2.14 bits per heavy atom. The van der Waals surface area contributed by atoms with Gasteiger partial charge < -0.3 is 10.2 Å². The second-order valence-electron chi connectivity index (χ2n) is 3.70. The highest BCUT2D eigenvalue weighted by Gasteiger charge is 2.12. The Morgan fingerprint density at radius 3 is 2.64 bits per heavy atom. The molecule has 1 atom stereocenters. The third-order valence-corrected chi connectivity index (χ3v) is 2.83. The van der Waals surface area contributed by atoms with Crippen molar-refractivity contribution in [2.75, 3.05) is 27.2 Å². The lowest BCUT2D eigenvalue weighted by Gasteiger charge is -2.13. The van der Waals surface area contributed by atoms with Crippen molar-refractivity contribution in [2.24, 2.45) is 0 Å². The van der Waals surface area contributed by atoms with E-state index in [9.17, 15) is 4.79 Å². The van der Waals surface area contributed by atoms with Gasteiger partial charge in [-0.3, -0.25) is 4.79 Å². The number of nitrogens with one attached hydrogen (secondary N) is 1. The molecule has 0 aromatic carbocycles. The number of nitrogens with zero attached hydrogens (tertiary/aromatic N) is 1. The highest BCUT2D eigenvalue weighted by molar-refractivity contribution is 9.10. The van der Waals surface area contributed by atoms with E-state index in [1.165, 1.54) is 0 Å². The molecule has 0 aliphatic carbocycles. The zero-order chi connectivity index (χ0) is 11.0. The van der Waals surface area contributed by atoms with E-state index in [0.717, 1.165) is 32.4 Å². The summed E-state index contributed by atoms with van der Waals surface area (Å²) in [7, 11) is 3.99. The highest BCUT2D eigenvalue weighted by Crippen LogP contribution is 2.09. The minimum atomic E-state index is -0.0235. The zero-order valence-corrected chi connectivity index (χ0v) is 10.9. The van der Waals surface area contributed by atoms with E-state index in [-0.39, 0.29) is 10.7 Å². The molecule has 0 aromatic heterocycles. The Kier molecular flexibility index (Phi) is 8.18. The average Bonchev–Trinajstić information content (AvgIpc) is 2.13. The second kappa shape index (κ2) is 8.24. The second-order valence-corrected chi connectivity index (χ2v) is 4.81. The number of alkyl halides is 1. The van der Waals surface area contributed by atoms with Crippen LogP contribution in [0.25, 0.3) is 0 Å². The molecule has 14 heavy (non-hydrogen) atoms. The molecule has 84 valence electrons. The summed E-state index contributed by atoms with van der Waals surface area (Å²) in [6.07, 6.45) is 3.15. The topological polar surface area (TPSA) is 32.3 Å². The summed E-state index contributed by atoms with van der Waals surface area (Å²) >= 11 is 3.39. The minimum absolute atomic E-state index is 0.0235. The summed E-state index contributed by atoms with van der Waals surface area (Å²) in [6.45, 7) is 3.74. The van der Waals surface area contributed by atoms with Crippen LogP contribution in [-0.2, 0) is 4.79 Å². The standard InChI is InChI=1S/C10H21BrN2O/c1-4-5-6-9(11)10(14)12-7-8-13(2)3/h9H,4-8H2,1-3H3,(H,12,14). The lowest BCUT2D eigenvalue weighted by atomic mass is 10.2. The van der Waals surface area contributed by atoms with Crippen molar-refractivity contribution >= 4 is 21.8 Å². The van der Waals surface area contributed by atoms with Crippen LogP contribution in [0.4, 0.5) is 0 Å². The van der Waals surface area contributed by atoms with Crippen LogP contribution in [0.15, 0.2) is 0 Å². The van der Waals surface area contributed by atoms with E-state index in [1.54, 1.807) is 0 Å². The molecule has 4 heteroatoms. The van der Waals surface area contributed by atoms with Gasteiger partial charge >= 0.3 is 0 Å². The predicted octanol–water partition coefficient (Wildman–Crippen LogP) is 1.62. The number of unbranched alkanes of at least 4 members (excludes halogenated alkanes) is 1. The summed E-state index contributed by atoms with van der Waals surface area (Å²) in [5.41, 5.74) is 0. The van der Waals surface area contributed by atoms with E-state index < -0.39 is 0 Å². The number of likely N-dealkylation sites (N-methyl/N-ethyl adjacent to an activating group) is 1. The summed E-state index contributed by atoms with van der Waals surface area (Å²) in [6, 6.07) is 0. The van der Waals surface area contributed by atoms with Crippen molar-refractivity contribution < 1.29 is 4.79 Å². The Hall–Kier alpha value is -0.0900. The van der Waals surface area contributed by atoms with Crippen molar-refractivity contribution in [3.05, 3.63) is 0 Å². The number of carbonyl (C=O) groups excluding carboxylic acids is 1. The maximum Gasteiger partial charge on any atom is 0.233 e. The minimum Gasteiger partial charge on any atom is -0.354 e. The number of rotatable bonds is 7. The first-order chi connectivity index (χ1) is 6.57. The van der Waals surface area contributed by atoms with Gasteiger partial charge in [-0.1, -0.05) is 35.7 Å². The first-order valence-corrected chi connectivity index (χ1v) is 6.06. The molecule has 0 aliphatic heterocycles. The van der Waals surface area contributed by atoms with Gasteiger partial charge in [0.05, 0.1) is 4.83 Å².